The van der Waals surface area contributed by atoms with Gasteiger partial charge in [-0.2, -0.15) is 0 Å². The summed E-state index contributed by atoms with van der Waals surface area (Å²) in [6.45, 7) is 2.20. The minimum Gasteiger partial charge on any atom is -0.462 e. The SMILES string of the molecule is CCOC(=O)c1csc2ncccc12. The third kappa shape index (κ3) is 1.48. The zero-order valence-electron chi connectivity index (χ0n) is 7.69. The summed E-state index contributed by atoms with van der Waals surface area (Å²) in [4.78, 5) is 16.5. The highest BCUT2D eigenvalue weighted by molar-refractivity contribution is 7.17. The van der Waals surface area contributed by atoms with Gasteiger partial charge in [0.05, 0.1) is 12.2 Å². The number of carbonyl (C=O) groups excluding carboxylic acids is 1. The molecule has 2 aromatic rings. The van der Waals surface area contributed by atoms with Gasteiger partial charge in [0.1, 0.15) is 4.83 Å². The largest absolute Gasteiger partial charge is 0.462 e. The monoisotopic (exact) mass is 207 g/mol. The summed E-state index contributed by atoms with van der Waals surface area (Å²) in [5.74, 6) is -0.272. The second-order valence-electron chi connectivity index (χ2n) is 2.73. The number of aromatic nitrogens is 1. The van der Waals surface area contributed by atoms with Crippen LogP contribution in [0.25, 0.3) is 10.2 Å². The van der Waals surface area contributed by atoms with Gasteiger partial charge in [0.2, 0.25) is 0 Å². The summed E-state index contributed by atoms with van der Waals surface area (Å²) in [6, 6.07) is 3.70. The van der Waals surface area contributed by atoms with Crippen LogP contribution in [0.15, 0.2) is 23.7 Å². The lowest BCUT2D eigenvalue weighted by molar-refractivity contribution is 0.0529. The molecular formula is C10H9NO2S. The van der Waals surface area contributed by atoms with Gasteiger partial charge in [0, 0.05) is 17.0 Å². The Morgan fingerprint density at radius 1 is 1.64 bits per heavy atom. The van der Waals surface area contributed by atoms with Gasteiger partial charge in [0.15, 0.2) is 0 Å². The molecule has 2 rings (SSSR count). The lowest BCUT2D eigenvalue weighted by Gasteiger charge is -1.98. The molecule has 0 fully saturated rings. The van der Waals surface area contributed by atoms with E-state index >= 15 is 0 Å². The Kier molecular flexibility index (Phi) is 2.45. The van der Waals surface area contributed by atoms with Crippen LogP contribution < -0.4 is 0 Å². The maximum atomic E-state index is 11.5. The zero-order valence-corrected chi connectivity index (χ0v) is 8.50. The highest BCUT2D eigenvalue weighted by atomic mass is 32.1. The Labute approximate surface area is 85.3 Å². The van der Waals surface area contributed by atoms with Crippen molar-refractivity contribution in [3.05, 3.63) is 29.3 Å². The predicted octanol–water partition coefficient (Wildman–Crippen LogP) is 2.47. The molecule has 0 spiro atoms. The molecule has 0 aromatic carbocycles. The smallest absolute Gasteiger partial charge is 0.339 e. The lowest BCUT2D eigenvalue weighted by atomic mass is 10.2. The number of rotatable bonds is 2. The maximum Gasteiger partial charge on any atom is 0.339 e. The van der Waals surface area contributed by atoms with Crippen LogP contribution in [0.1, 0.15) is 17.3 Å². The van der Waals surface area contributed by atoms with Crippen LogP contribution in [0, 0.1) is 0 Å². The van der Waals surface area contributed by atoms with E-state index in [1.165, 1.54) is 11.3 Å². The minimum absolute atomic E-state index is 0.272. The van der Waals surface area contributed by atoms with Crippen molar-refractivity contribution in [2.24, 2.45) is 0 Å². The van der Waals surface area contributed by atoms with E-state index in [2.05, 4.69) is 4.98 Å². The number of carbonyl (C=O) groups is 1. The van der Waals surface area contributed by atoms with Gasteiger partial charge < -0.3 is 4.74 Å². The molecular weight excluding hydrogens is 198 g/mol. The second kappa shape index (κ2) is 3.75. The summed E-state index contributed by atoms with van der Waals surface area (Å²) >= 11 is 1.46. The number of thiophene rings is 1. The fourth-order valence-corrected chi connectivity index (χ4v) is 2.11. The zero-order chi connectivity index (χ0) is 9.97. The number of ether oxygens (including phenoxy) is 1. The summed E-state index contributed by atoms with van der Waals surface area (Å²) in [7, 11) is 0. The van der Waals surface area contributed by atoms with Crippen molar-refractivity contribution in [1.29, 1.82) is 0 Å². The maximum absolute atomic E-state index is 11.5. The Morgan fingerprint density at radius 3 is 3.29 bits per heavy atom. The first kappa shape index (κ1) is 9.15. The van der Waals surface area contributed by atoms with Gasteiger partial charge in [-0.3, -0.25) is 0 Å². The van der Waals surface area contributed by atoms with Crippen molar-refractivity contribution in [3.63, 3.8) is 0 Å². The Hall–Kier alpha value is -1.42. The molecule has 0 aliphatic rings. The van der Waals surface area contributed by atoms with Gasteiger partial charge in [-0.25, -0.2) is 9.78 Å². The van der Waals surface area contributed by atoms with Gasteiger partial charge in [0.25, 0.3) is 0 Å². The molecule has 72 valence electrons. The molecule has 0 saturated heterocycles. The molecule has 0 N–H and O–H groups in total. The van der Waals surface area contributed by atoms with Gasteiger partial charge >= 0.3 is 5.97 Å². The first-order chi connectivity index (χ1) is 6.83. The number of pyridine rings is 1. The molecule has 0 aliphatic carbocycles. The Bertz CT molecular complexity index is 464. The van der Waals surface area contributed by atoms with E-state index < -0.39 is 0 Å². The molecule has 0 aliphatic heterocycles. The van der Waals surface area contributed by atoms with E-state index in [-0.39, 0.29) is 5.97 Å². The van der Waals surface area contributed by atoms with E-state index in [1.807, 2.05) is 12.1 Å². The Balaban J connectivity index is 2.47. The average Bonchev–Trinajstić information content (AvgIpc) is 2.61. The molecule has 0 radical (unpaired) electrons. The van der Waals surface area contributed by atoms with Crippen molar-refractivity contribution in [3.8, 4) is 0 Å². The standard InChI is InChI=1S/C10H9NO2S/c1-2-13-10(12)8-6-14-9-7(8)4-3-5-11-9/h3-6H,2H2,1H3. The molecule has 0 amide bonds. The van der Waals surface area contributed by atoms with Gasteiger partial charge in [-0.1, -0.05) is 0 Å². The highest BCUT2D eigenvalue weighted by Gasteiger charge is 2.12. The lowest BCUT2D eigenvalue weighted by Crippen LogP contribution is -2.03. The van der Waals surface area contributed by atoms with Gasteiger partial charge in [-0.05, 0) is 19.1 Å². The van der Waals surface area contributed by atoms with Crippen LogP contribution in [0.4, 0.5) is 0 Å². The number of nitrogens with zero attached hydrogens (tertiary/aromatic N) is 1. The molecule has 0 atom stereocenters. The van der Waals surface area contributed by atoms with Crippen LogP contribution in [0.5, 0.6) is 0 Å². The van der Waals surface area contributed by atoms with Gasteiger partial charge in [-0.15, -0.1) is 11.3 Å². The fourth-order valence-electron chi connectivity index (χ4n) is 1.23. The third-order valence-electron chi connectivity index (χ3n) is 1.85. The van der Waals surface area contributed by atoms with Crippen LogP contribution >= 0.6 is 11.3 Å². The summed E-state index contributed by atoms with van der Waals surface area (Å²) in [5.41, 5.74) is 0.611. The van der Waals surface area contributed by atoms with Crippen molar-refractivity contribution >= 4 is 27.5 Å². The van der Waals surface area contributed by atoms with Crippen molar-refractivity contribution in [2.75, 3.05) is 6.61 Å². The molecule has 0 bridgehead atoms. The summed E-state index contributed by atoms with van der Waals surface area (Å²) in [5, 5.41) is 2.66. The van der Waals surface area contributed by atoms with E-state index in [4.69, 9.17) is 4.74 Å². The number of hydrogen-bond donors (Lipinski definition) is 0. The summed E-state index contributed by atoms with van der Waals surface area (Å²) in [6.07, 6.45) is 1.72. The average molecular weight is 207 g/mol. The second-order valence-corrected chi connectivity index (χ2v) is 3.58. The first-order valence-electron chi connectivity index (χ1n) is 4.32. The van der Waals surface area contributed by atoms with Crippen molar-refractivity contribution in [1.82, 2.24) is 4.98 Å². The highest BCUT2D eigenvalue weighted by Crippen LogP contribution is 2.23. The topological polar surface area (TPSA) is 39.2 Å². The third-order valence-corrected chi connectivity index (χ3v) is 2.75. The quantitative estimate of drug-likeness (QED) is 0.710. The van der Waals surface area contributed by atoms with E-state index in [1.54, 1.807) is 18.5 Å². The van der Waals surface area contributed by atoms with Crippen LogP contribution in [-0.4, -0.2) is 17.6 Å². The first-order valence-corrected chi connectivity index (χ1v) is 5.20. The normalized spacial score (nSPS) is 10.4. The van der Waals surface area contributed by atoms with E-state index in [0.717, 1.165) is 10.2 Å². The number of esters is 1. The number of hydrogen-bond acceptors (Lipinski definition) is 4. The van der Waals surface area contributed by atoms with Crippen LogP contribution in [0.3, 0.4) is 0 Å². The molecule has 2 aromatic heterocycles. The molecule has 14 heavy (non-hydrogen) atoms. The Morgan fingerprint density at radius 2 is 2.50 bits per heavy atom. The number of fused-ring (bicyclic) bond motifs is 1. The van der Waals surface area contributed by atoms with E-state index in [9.17, 15) is 4.79 Å². The van der Waals surface area contributed by atoms with Crippen molar-refractivity contribution in [2.45, 2.75) is 6.92 Å². The van der Waals surface area contributed by atoms with Crippen LogP contribution in [-0.2, 0) is 4.74 Å². The summed E-state index contributed by atoms with van der Waals surface area (Å²) < 4.78 is 4.93. The van der Waals surface area contributed by atoms with E-state index in [0.29, 0.717) is 12.2 Å². The molecule has 0 unspecified atom stereocenters. The molecule has 3 nitrogen and oxygen atoms in total. The molecule has 4 heteroatoms. The van der Waals surface area contributed by atoms with Crippen molar-refractivity contribution < 1.29 is 9.53 Å². The predicted molar refractivity (Wildman–Crippen MR) is 55.6 cm³/mol. The fraction of sp³-hybridized carbons (Fsp3) is 0.200. The van der Waals surface area contributed by atoms with Crippen LogP contribution in [0.2, 0.25) is 0 Å². The molecule has 0 saturated carbocycles. The molecule has 2 heterocycles. The minimum atomic E-state index is -0.272.